The molecule has 208 valence electrons. The van der Waals surface area contributed by atoms with Gasteiger partial charge in [-0.05, 0) is 86.2 Å². The van der Waals surface area contributed by atoms with E-state index in [2.05, 4.69) is 36.3 Å². The minimum Gasteiger partial charge on any atom is -0.480 e. The molecule has 1 aromatic rings. The number of carbonyl (C=O) groups is 2. The lowest BCUT2D eigenvalue weighted by molar-refractivity contribution is -0.142. The number of nitrogens with one attached hydrogen (secondary N) is 1. The van der Waals surface area contributed by atoms with Gasteiger partial charge in [0.25, 0.3) is 5.91 Å². The summed E-state index contributed by atoms with van der Waals surface area (Å²) in [4.78, 5) is 29.4. The summed E-state index contributed by atoms with van der Waals surface area (Å²) >= 11 is 0. The van der Waals surface area contributed by atoms with Crippen molar-refractivity contribution in [1.82, 2.24) is 5.32 Å². The van der Waals surface area contributed by atoms with Crippen LogP contribution >= 0.6 is 0 Å². The van der Waals surface area contributed by atoms with Crippen molar-refractivity contribution >= 4 is 17.6 Å². The fraction of sp³-hybridized carbons (Fsp3) is 0.594. The molecule has 7 nitrogen and oxygen atoms in total. The molecule has 3 fully saturated rings. The maximum atomic E-state index is 12.4. The quantitative estimate of drug-likeness (QED) is 0.354. The number of rotatable bonds is 7. The van der Waals surface area contributed by atoms with Gasteiger partial charge < -0.3 is 20.4 Å². The highest BCUT2D eigenvalue weighted by Gasteiger charge is 2.63. The summed E-state index contributed by atoms with van der Waals surface area (Å²) < 4.78 is 0. The Balaban J connectivity index is 1.20. The number of allylic oxidation sites excluding steroid dienone is 2. The van der Waals surface area contributed by atoms with E-state index in [-0.39, 0.29) is 23.9 Å². The van der Waals surface area contributed by atoms with Crippen LogP contribution in [-0.4, -0.2) is 46.1 Å². The van der Waals surface area contributed by atoms with Crippen LogP contribution in [0.2, 0.25) is 0 Å². The van der Waals surface area contributed by atoms with E-state index in [1.807, 2.05) is 30.3 Å². The largest absolute Gasteiger partial charge is 0.480 e. The van der Waals surface area contributed by atoms with Crippen molar-refractivity contribution in [3.63, 3.8) is 0 Å². The summed E-state index contributed by atoms with van der Waals surface area (Å²) in [5.74, 6) is 2.77. The first-order chi connectivity index (χ1) is 18.6. The second-order valence-corrected chi connectivity index (χ2v) is 12.5. The monoisotopic (exact) mass is 532 g/mol. The maximum Gasteiger partial charge on any atom is 0.326 e. The van der Waals surface area contributed by atoms with Crippen LogP contribution in [0.4, 0.5) is 0 Å². The molecule has 0 aromatic heterocycles. The molecule has 0 radical (unpaired) electrons. The molecule has 7 atom stereocenters. The number of hydrogen-bond donors (Lipinski definition) is 3. The van der Waals surface area contributed by atoms with Gasteiger partial charge in [0.05, 0.1) is 5.71 Å². The lowest BCUT2D eigenvalue weighted by Crippen LogP contribution is -2.54. The molecule has 0 unspecified atom stereocenters. The standard InChI is InChI=1S/C32H40N2O5/c1-4-32(38)17-14-26-24-11-10-22-19-23(12-15-30(22,2)25(24)13-16-31(26,32)3)34-39-20-28(35)33-27(29(36)37)18-21-8-6-5-7-9-21/h1,5-9,19,24-27,38H,10-18,20H2,2-3H3,(H,33,35)(H,36,37)/t24-,25-,26+,27-,30-,31+,32+/m0/s1. The molecule has 4 aliphatic carbocycles. The smallest absolute Gasteiger partial charge is 0.326 e. The fourth-order valence-electron chi connectivity index (χ4n) is 8.36. The van der Waals surface area contributed by atoms with Gasteiger partial charge in [-0.25, -0.2) is 4.79 Å². The average molecular weight is 533 g/mol. The minimum absolute atomic E-state index is 0.101. The number of carbonyl (C=O) groups excluding carboxylic acids is 1. The molecule has 0 saturated heterocycles. The lowest BCUT2D eigenvalue weighted by Gasteiger charge is -2.58. The number of hydrogen-bond acceptors (Lipinski definition) is 5. The van der Waals surface area contributed by atoms with Gasteiger partial charge in [0.2, 0.25) is 0 Å². The van der Waals surface area contributed by atoms with Crippen LogP contribution in [0.3, 0.4) is 0 Å². The molecule has 0 aliphatic heterocycles. The lowest BCUT2D eigenvalue weighted by atomic mass is 9.46. The molecular formula is C32H40N2O5. The molecule has 7 heteroatoms. The maximum absolute atomic E-state index is 12.4. The van der Waals surface area contributed by atoms with E-state index in [1.54, 1.807) is 0 Å². The SMILES string of the molecule is C#C[C@@]1(O)CC[C@@H]2[C@H]3CCC4=CC(=NOCC(=O)N[C@@H](Cc5ccccc5)C(=O)O)CC[C@]4(C)[C@H]3CC[C@]21C. The Morgan fingerprint density at radius 2 is 1.87 bits per heavy atom. The summed E-state index contributed by atoms with van der Waals surface area (Å²) in [6.07, 6.45) is 15.8. The topological polar surface area (TPSA) is 108 Å². The normalized spacial score (nSPS) is 36.9. The summed E-state index contributed by atoms with van der Waals surface area (Å²) in [5.41, 5.74) is 1.99. The zero-order chi connectivity index (χ0) is 27.8. The summed E-state index contributed by atoms with van der Waals surface area (Å²) in [7, 11) is 0. The molecular weight excluding hydrogens is 492 g/mol. The Morgan fingerprint density at radius 3 is 2.59 bits per heavy atom. The fourth-order valence-corrected chi connectivity index (χ4v) is 8.36. The van der Waals surface area contributed by atoms with E-state index in [9.17, 15) is 19.8 Å². The van der Waals surface area contributed by atoms with E-state index < -0.39 is 23.5 Å². The first-order valence-corrected chi connectivity index (χ1v) is 14.3. The number of carboxylic acid groups (broad SMARTS) is 1. The summed E-state index contributed by atoms with van der Waals surface area (Å²) in [5, 5.41) is 27.5. The first kappa shape index (κ1) is 27.5. The third kappa shape index (κ3) is 4.89. The number of nitrogens with zero attached hydrogens (tertiary/aromatic N) is 1. The number of fused-ring (bicyclic) bond motifs is 5. The van der Waals surface area contributed by atoms with Gasteiger partial charge in [-0.1, -0.05) is 60.8 Å². The molecule has 1 amide bonds. The van der Waals surface area contributed by atoms with Gasteiger partial charge in [0, 0.05) is 11.8 Å². The van der Waals surface area contributed by atoms with E-state index in [0.717, 1.165) is 56.2 Å². The Morgan fingerprint density at radius 1 is 1.13 bits per heavy atom. The number of aliphatic carboxylic acids is 1. The van der Waals surface area contributed by atoms with Crippen LogP contribution < -0.4 is 5.32 Å². The van der Waals surface area contributed by atoms with Crippen molar-refractivity contribution in [2.45, 2.75) is 83.3 Å². The highest BCUT2D eigenvalue weighted by Crippen LogP contribution is 2.67. The Labute approximate surface area is 231 Å². The highest BCUT2D eigenvalue weighted by molar-refractivity contribution is 5.96. The Hall–Kier alpha value is -3.11. The van der Waals surface area contributed by atoms with E-state index >= 15 is 0 Å². The molecule has 5 rings (SSSR count). The minimum atomic E-state index is -1.09. The van der Waals surface area contributed by atoms with Crippen molar-refractivity contribution in [2.75, 3.05) is 6.61 Å². The predicted molar refractivity (Wildman–Crippen MR) is 149 cm³/mol. The summed E-state index contributed by atoms with van der Waals surface area (Å²) in [6, 6.07) is 8.17. The molecule has 3 saturated carbocycles. The van der Waals surface area contributed by atoms with Gasteiger partial charge in [-0.2, -0.15) is 0 Å². The highest BCUT2D eigenvalue weighted by atomic mass is 16.6. The first-order valence-electron chi connectivity index (χ1n) is 14.3. The van der Waals surface area contributed by atoms with Gasteiger partial charge in [-0.3, -0.25) is 4.79 Å². The second kappa shape index (κ2) is 10.5. The molecule has 4 aliphatic rings. The average Bonchev–Trinajstić information content (AvgIpc) is 3.20. The van der Waals surface area contributed by atoms with Crippen LogP contribution in [0.15, 0.2) is 47.1 Å². The number of terminal acetylenes is 1. The Kier molecular flexibility index (Phi) is 7.37. The molecule has 1 aromatic carbocycles. The van der Waals surface area contributed by atoms with Crippen molar-refractivity contribution in [3.05, 3.63) is 47.5 Å². The van der Waals surface area contributed by atoms with Gasteiger partial charge in [-0.15, -0.1) is 6.42 Å². The molecule has 3 N–H and O–H groups in total. The molecule has 0 bridgehead atoms. The van der Waals surface area contributed by atoms with Crippen LogP contribution in [0.25, 0.3) is 0 Å². The van der Waals surface area contributed by atoms with Gasteiger partial charge in [0.15, 0.2) is 6.61 Å². The molecule has 39 heavy (non-hydrogen) atoms. The number of carboxylic acids is 1. The Bertz CT molecular complexity index is 1220. The predicted octanol–water partition coefficient (Wildman–Crippen LogP) is 4.50. The van der Waals surface area contributed by atoms with E-state index in [4.69, 9.17) is 11.3 Å². The van der Waals surface area contributed by atoms with Gasteiger partial charge in [0.1, 0.15) is 11.6 Å². The zero-order valence-electron chi connectivity index (χ0n) is 23.0. The zero-order valence-corrected chi connectivity index (χ0v) is 23.0. The third-order valence-corrected chi connectivity index (χ3v) is 10.7. The van der Waals surface area contributed by atoms with Crippen LogP contribution in [0, 0.1) is 40.9 Å². The van der Waals surface area contributed by atoms with E-state index in [0.29, 0.717) is 24.2 Å². The number of oxime groups is 1. The van der Waals surface area contributed by atoms with Gasteiger partial charge >= 0.3 is 5.97 Å². The van der Waals surface area contributed by atoms with Crippen LogP contribution in [-0.2, 0) is 20.8 Å². The van der Waals surface area contributed by atoms with Crippen molar-refractivity contribution in [2.24, 2.45) is 33.7 Å². The van der Waals surface area contributed by atoms with Crippen molar-refractivity contribution in [3.8, 4) is 12.3 Å². The van der Waals surface area contributed by atoms with Crippen molar-refractivity contribution in [1.29, 1.82) is 0 Å². The summed E-state index contributed by atoms with van der Waals surface area (Å²) in [6.45, 7) is 4.28. The molecule has 0 heterocycles. The second-order valence-electron chi connectivity index (χ2n) is 12.5. The number of benzene rings is 1. The van der Waals surface area contributed by atoms with Crippen molar-refractivity contribution < 1.29 is 24.6 Å². The van der Waals surface area contributed by atoms with Crippen LogP contribution in [0.1, 0.15) is 70.8 Å². The number of aliphatic hydroxyl groups is 1. The van der Waals surface area contributed by atoms with E-state index in [1.165, 1.54) is 5.57 Å². The number of amides is 1. The molecule has 0 spiro atoms. The third-order valence-electron chi connectivity index (χ3n) is 10.7. The van der Waals surface area contributed by atoms with Crippen LogP contribution in [0.5, 0.6) is 0 Å².